The number of rotatable bonds is 2. The first kappa shape index (κ1) is 14.3. The number of nitrogens with zero attached hydrogens (tertiary/aromatic N) is 1. The number of aromatic nitrogens is 1. The van der Waals surface area contributed by atoms with E-state index in [-0.39, 0.29) is 0 Å². The molecule has 2 nitrogen and oxygen atoms in total. The largest absolute Gasteiger partial charge is 0.354 e. The van der Waals surface area contributed by atoms with E-state index in [9.17, 15) is 0 Å². The fourth-order valence-electron chi connectivity index (χ4n) is 2.68. The zero-order valence-corrected chi connectivity index (χ0v) is 13.6. The van der Waals surface area contributed by atoms with Crippen LogP contribution in [0.5, 0.6) is 0 Å². The molecule has 4 heteroatoms. The van der Waals surface area contributed by atoms with Gasteiger partial charge < -0.3 is 5.32 Å². The molecule has 0 aliphatic heterocycles. The molecule has 0 saturated carbocycles. The van der Waals surface area contributed by atoms with Crippen molar-refractivity contribution in [2.45, 2.75) is 0 Å². The Morgan fingerprint density at radius 2 is 1.39 bits per heavy atom. The Bertz CT molecular complexity index is 1010. The van der Waals surface area contributed by atoms with Crippen LogP contribution in [0.2, 0.25) is 10.0 Å². The molecule has 0 amide bonds. The van der Waals surface area contributed by atoms with Crippen molar-refractivity contribution < 1.29 is 0 Å². The lowest BCUT2D eigenvalue weighted by atomic mass is 10.1. The molecule has 0 radical (unpaired) electrons. The first-order valence-corrected chi connectivity index (χ1v) is 7.97. The van der Waals surface area contributed by atoms with Gasteiger partial charge in [0.25, 0.3) is 0 Å². The molecule has 0 fully saturated rings. The molecule has 112 valence electrons. The van der Waals surface area contributed by atoms with Gasteiger partial charge >= 0.3 is 0 Å². The minimum Gasteiger partial charge on any atom is -0.354 e. The van der Waals surface area contributed by atoms with Crippen LogP contribution in [0.4, 0.5) is 11.4 Å². The average Bonchev–Trinajstić information content (AvgIpc) is 2.57. The lowest BCUT2D eigenvalue weighted by molar-refractivity contribution is 1.48. The van der Waals surface area contributed by atoms with Crippen molar-refractivity contribution in [3.63, 3.8) is 0 Å². The maximum atomic E-state index is 6.19. The molecule has 23 heavy (non-hydrogen) atoms. The average molecular weight is 339 g/mol. The number of hydrogen-bond donors (Lipinski definition) is 1. The van der Waals surface area contributed by atoms with Crippen LogP contribution in [-0.2, 0) is 0 Å². The second-order valence-electron chi connectivity index (χ2n) is 5.30. The molecule has 4 rings (SSSR count). The van der Waals surface area contributed by atoms with Crippen molar-refractivity contribution in [2.75, 3.05) is 5.32 Å². The fraction of sp³-hybridized carbons (Fsp3) is 0. The highest BCUT2D eigenvalue weighted by atomic mass is 35.5. The van der Waals surface area contributed by atoms with Crippen LogP contribution in [0.3, 0.4) is 0 Å². The highest BCUT2D eigenvalue weighted by Crippen LogP contribution is 2.34. The van der Waals surface area contributed by atoms with Gasteiger partial charge in [0.1, 0.15) is 0 Å². The summed E-state index contributed by atoms with van der Waals surface area (Å²) < 4.78 is 0. The second-order valence-corrected chi connectivity index (χ2v) is 6.17. The number of nitrogens with one attached hydrogen (secondary N) is 1. The molecule has 0 aliphatic rings. The Morgan fingerprint density at radius 1 is 0.696 bits per heavy atom. The summed E-state index contributed by atoms with van der Waals surface area (Å²) in [4.78, 5) is 4.72. The van der Waals surface area contributed by atoms with E-state index in [2.05, 4.69) is 11.4 Å². The SMILES string of the molecule is Clc1ccc(Nc2c3ccccc3nc3ccc(Cl)cc23)cc1. The molecule has 3 aromatic carbocycles. The van der Waals surface area contributed by atoms with Crippen molar-refractivity contribution >= 4 is 56.4 Å². The molecule has 1 N–H and O–H groups in total. The molecule has 0 atom stereocenters. The third-order valence-electron chi connectivity index (χ3n) is 3.76. The molecule has 0 bridgehead atoms. The van der Waals surface area contributed by atoms with Crippen LogP contribution in [0, 0.1) is 0 Å². The lowest BCUT2D eigenvalue weighted by Crippen LogP contribution is -1.95. The first-order valence-electron chi connectivity index (χ1n) is 7.21. The molecule has 0 saturated heterocycles. The summed E-state index contributed by atoms with van der Waals surface area (Å²) in [6.07, 6.45) is 0. The molecule has 0 unspecified atom stereocenters. The Hall–Kier alpha value is -2.29. The molecule has 1 heterocycles. The standard InChI is InChI=1S/C19H12Cl2N2/c20-12-5-8-14(9-6-12)22-19-15-3-1-2-4-17(15)23-18-10-7-13(21)11-16(18)19/h1-11H,(H,22,23). The summed E-state index contributed by atoms with van der Waals surface area (Å²) in [6, 6.07) is 21.4. The van der Waals surface area contributed by atoms with Crippen LogP contribution in [0.15, 0.2) is 66.7 Å². The summed E-state index contributed by atoms with van der Waals surface area (Å²) >= 11 is 12.2. The van der Waals surface area contributed by atoms with Gasteiger partial charge in [-0.2, -0.15) is 0 Å². The first-order chi connectivity index (χ1) is 11.2. The lowest BCUT2D eigenvalue weighted by Gasteiger charge is -2.13. The number of benzene rings is 3. The van der Waals surface area contributed by atoms with Crippen molar-refractivity contribution in [1.29, 1.82) is 0 Å². The van der Waals surface area contributed by atoms with Crippen molar-refractivity contribution in [3.05, 3.63) is 76.8 Å². The van der Waals surface area contributed by atoms with Crippen LogP contribution in [-0.4, -0.2) is 4.98 Å². The Morgan fingerprint density at radius 3 is 2.22 bits per heavy atom. The quantitative estimate of drug-likeness (QED) is 0.425. The normalized spacial score (nSPS) is 11.0. The Labute approximate surface area is 143 Å². The maximum Gasteiger partial charge on any atom is 0.0731 e. The van der Waals surface area contributed by atoms with E-state index >= 15 is 0 Å². The van der Waals surface area contributed by atoms with Crippen LogP contribution < -0.4 is 5.32 Å². The number of para-hydroxylation sites is 1. The second kappa shape index (κ2) is 5.73. The third kappa shape index (κ3) is 2.72. The van der Waals surface area contributed by atoms with Gasteiger partial charge in [-0.15, -0.1) is 0 Å². The highest BCUT2D eigenvalue weighted by molar-refractivity contribution is 6.31. The minimum absolute atomic E-state index is 0.689. The molecule has 1 aromatic heterocycles. The fourth-order valence-corrected chi connectivity index (χ4v) is 2.97. The molecular formula is C19H12Cl2N2. The van der Waals surface area contributed by atoms with Gasteiger partial charge in [-0.25, -0.2) is 4.98 Å². The predicted molar refractivity (Wildman–Crippen MR) is 99.0 cm³/mol. The third-order valence-corrected chi connectivity index (χ3v) is 4.24. The zero-order valence-electron chi connectivity index (χ0n) is 12.1. The van der Waals surface area contributed by atoms with Crippen LogP contribution >= 0.6 is 23.2 Å². The van der Waals surface area contributed by atoms with Crippen molar-refractivity contribution in [3.8, 4) is 0 Å². The zero-order chi connectivity index (χ0) is 15.8. The van der Waals surface area contributed by atoms with E-state index < -0.39 is 0 Å². The van der Waals surface area contributed by atoms with Gasteiger partial charge in [-0.05, 0) is 48.5 Å². The van der Waals surface area contributed by atoms with Gasteiger partial charge in [0, 0.05) is 26.5 Å². The molecule has 0 aliphatic carbocycles. The van der Waals surface area contributed by atoms with Crippen molar-refractivity contribution in [2.24, 2.45) is 0 Å². The smallest absolute Gasteiger partial charge is 0.0731 e. The molecule has 4 aromatic rings. The van der Waals surface area contributed by atoms with E-state index in [0.29, 0.717) is 10.0 Å². The van der Waals surface area contributed by atoms with E-state index in [1.54, 1.807) is 0 Å². The number of halogens is 2. The summed E-state index contributed by atoms with van der Waals surface area (Å²) in [5.41, 5.74) is 3.81. The van der Waals surface area contributed by atoms with Crippen molar-refractivity contribution in [1.82, 2.24) is 4.98 Å². The maximum absolute atomic E-state index is 6.19. The minimum atomic E-state index is 0.689. The Kier molecular flexibility index (Phi) is 3.56. The monoisotopic (exact) mass is 338 g/mol. The van der Waals surface area contributed by atoms with Crippen LogP contribution in [0.25, 0.3) is 21.8 Å². The Balaban J connectivity index is 1.99. The topological polar surface area (TPSA) is 24.9 Å². The number of hydrogen-bond acceptors (Lipinski definition) is 2. The van der Waals surface area contributed by atoms with Gasteiger partial charge in [-0.3, -0.25) is 0 Å². The van der Waals surface area contributed by atoms with Gasteiger partial charge in [0.2, 0.25) is 0 Å². The number of anilines is 2. The molecule has 0 spiro atoms. The van der Waals surface area contributed by atoms with E-state index in [0.717, 1.165) is 33.2 Å². The summed E-state index contributed by atoms with van der Waals surface area (Å²) in [6.45, 7) is 0. The van der Waals surface area contributed by atoms with E-state index in [1.165, 1.54) is 0 Å². The summed E-state index contributed by atoms with van der Waals surface area (Å²) in [7, 11) is 0. The van der Waals surface area contributed by atoms with E-state index in [4.69, 9.17) is 28.2 Å². The van der Waals surface area contributed by atoms with E-state index in [1.807, 2.05) is 60.7 Å². The number of fused-ring (bicyclic) bond motifs is 2. The van der Waals surface area contributed by atoms with Crippen LogP contribution in [0.1, 0.15) is 0 Å². The van der Waals surface area contributed by atoms with Gasteiger partial charge in [0.15, 0.2) is 0 Å². The predicted octanol–water partition coefficient (Wildman–Crippen LogP) is 6.44. The highest BCUT2D eigenvalue weighted by Gasteiger charge is 2.10. The number of pyridine rings is 1. The summed E-state index contributed by atoms with van der Waals surface area (Å²) in [5.74, 6) is 0. The molecular weight excluding hydrogens is 327 g/mol. The van der Waals surface area contributed by atoms with Gasteiger partial charge in [-0.1, -0.05) is 41.4 Å². The summed E-state index contributed by atoms with van der Waals surface area (Å²) in [5, 5.41) is 6.93. The van der Waals surface area contributed by atoms with Gasteiger partial charge in [0.05, 0.1) is 16.7 Å².